The topological polar surface area (TPSA) is 69.2 Å². The first-order chi connectivity index (χ1) is 3.00. The van der Waals surface area contributed by atoms with Crippen LogP contribution in [-0.2, 0) is 0 Å². The molecule has 0 heterocycles. The monoisotopic (exact) mass is 230 g/mol. The van der Waals surface area contributed by atoms with Gasteiger partial charge in [0, 0.05) is 0 Å². The maximum absolute atomic E-state index is 7.72. The molecule has 8 heavy (non-hydrogen) atoms. The second kappa shape index (κ2) is 121. The van der Waals surface area contributed by atoms with Crippen LogP contribution in [0.1, 0.15) is 0 Å². The molecule has 0 N–H and O–H groups in total. The van der Waals surface area contributed by atoms with Crippen LogP contribution in [-0.4, -0.2) is 37.7 Å². The van der Waals surface area contributed by atoms with Gasteiger partial charge in [0.25, 0.3) is 0 Å². The Hall–Kier alpha value is 2.30. The summed E-state index contributed by atoms with van der Waals surface area (Å²) in [6.07, 6.45) is 0. The first-order valence-electron chi connectivity index (χ1n) is 0.463. The summed E-state index contributed by atoms with van der Waals surface area (Å²) in [5.74, 6) is 0. The molecule has 0 bridgehead atoms. The van der Waals surface area contributed by atoms with E-state index in [0.29, 0.717) is 0 Å². The smallest absolute Gasteiger partial charge is 0.769 e. The zero-order chi connectivity index (χ0) is 6.00. The van der Waals surface area contributed by atoms with Gasteiger partial charge in [-0.25, -0.2) is 35.6 Å². The van der Waals surface area contributed by atoms with Crippen LogP contribution in [0.3, 0.4) is 0 Å². The zero-order valence-electron chi connectivity index (χ0n) is 3.51. The molecule has 0 radical (unpaired) electrons. The molecule has 0 rings (SSSR count). The number of halogens is 4. The molecular formula is H2CaCl4O3. The quantitative estimate of drug-likeness (QED) is 0.436. The zero-order valence-corrected chi connectivity index (χ0v) is 8.88. The summed E-state index contributed by atoms with van der Waals surface area (Å²) in [5.41, 5.74) is 0. The normalized spacial score (nSPS) is 2.25. The molecule has 0 saturated heterocycles. The SMILES string of the molecule is [Ca+2].[ClH2+].[O-]Cl.[O-]Cl.[O-]Cl. The van der Waals surface area contributed by atoms with E-state index in [1.807, 2.05) is 0 Å². The van der Waals surface area contributed by atoms with Crippen molar-refractivity contribution in [2.45, 2.75) is 0 Å². The van der Waals surface area contributed by atoms with E-state index >= 15 is 0 Å². The van der Waals surface area contributed by atoms with E-state index in [4.69, 9.17) is 14.0 Å². The van der Waals surface area contributed by atoms with Crippen molar-refractivity contribution in [2.24, 2.45) is 0 Å². The number of rotatable bonds is 0. The Balaban J connectivity index is -0.00000000500. The number of hydrogen-bond acceptors (Lipinski definition) is 3. The third kappa shape index (κ3) is 83.6. The van der Waals surface area contributed by atoms with Crippen molar-refractivity contribution in [3.8, 4) is 0 Å². The summed E-state index contributed by atoms with van der Waals surface area (Å²) >= 11 is 10.2. The maximum Gasteiger partial charge on any atom is 2.00 e. The van der Waals surface area contributed by atoms with E-state index in [-0.39, 0.29) is 50.1 Å². The van der Waals surface area contributed by atoms with Crippen molar-refractivity contribution in [2.75, 3.05) is 0 Å². The van der Waals surface area contributed by atoms with E-state index in [1.165, 1.54) is 0 Å². The number of hydrogen-bond donors (Lipinski definition) is 0. The van der Waals surface area contributed by atoms with Crippen molar-refractivity contribution < 1.29 is 26.4 Å². The van der Waals surface area contributed by atoms with Gasteiger partial charge in [0.2, 0.25) is 0 Å². The predicted molar refractivity (Wildman–Crippen MR) is 26.1 cm³/mol. The molecule has 0 fully saturated rings. The molecule has 0 unspecified atom stereocenters. The third-order valence-electron chi connectivity index (χ3n) is 0. The largest absolute Gasteiger partial charge is 2.00 e. The molecule has 0 amide bonds. The summed E-state index contributed by atoms with van der Waals surface area (Å²) in [4.78, 5) is 0. The van der Waals surface area contributed by atoms with Crippen molar-refractivity contribution in [1.29, 1.82) is 0 Å². The molecule has 0 aliphatic carbocycles. The van der Waals surface area contributed by atoms with E-state index in [9.17, 15) is 0 Å². The van der Waals surface area contributed by atoms with Crippen molar-refractivity contribution in [3.63, 3.8) is 0 Å². The van der Waals surface area contributed by atoms with Gasteiger partial charge in [-0.1, -0.05) is 0 Å². The van der Waals surface area contributed by atoms with Gasteiger partial charge in [0.05, 0.1) is 12.4 Å². The second-order valence-corrected chi connectivity index (χ2v) is 0. The molecule has 0 spiro atoms. The van der Waals surface area contributed by atoms with Gasteiger partial charge in [0.15, 0.2) is 0 Å². The summed E-state index contributed by atoms with van der Waals surface area (Å²) in [5, 5.41) is 0. The third-order valence-corrected chi connectivity index (χ3v) is 0. The molecule has 0 aromatic heterocycles. The van der Waals surface area contributed by atoms with E-state index < -0.39 is 0 Å². The fourth-order valence-electron chi connectivity index (χ4n) is 0. The van der Waals surface area contributed by atoms with Crippen LogP contribution in [0.4, 0.5) is 0 Å². The minimum Gasteiger partial charge on any atom is -0.769 e. The van der Waals surface area contributed by atoms with Crippen molar-refractivity contribution in [1.82, 2.24) is 0 Å². The Bertz CT molecular complexity index is 11.2. The molecule has 50 valence electrons. The molecular weight excluding hydrogens is 230 g/mol. The summed E-state index contributed by atoms with van der Waals surface area (Å²) in [6.45, 7) is 0. The Kier molecular flexibility index (Phi) is 480. The van der Waals surface area contributed by atoms with Gasteiger partial charge < -0.3 is 14.0 Å². The Morgan fingerprint density at radius 1 is 0.625 bits per heavy atom. The Labute approximate surface area is 98.5 Å². The van der Waals surface area contributed by atoms with E-state index in [2.05, 4.69) is 35.6 Å². The molecule has 8 heteroatoms. The molecule has 0 aliphatic rings. The van der Waals surface area contributed by atoms with Crippen LogP contribution in [0.15, 0.2) is 0 Å². The van der Waals surface area contributed by atoms with Crippen LogP contribution in [0.2, 0.25) is 0 Å². The predicted octanol–water partition coefficient (Wildman–Crippen LogP) is -2.41. The van der Waals surface area contributed by atoms with Crippen LogP contribution >= 0.6 is 35.6 Å². The van der Waals surface area contributed by atoms with Gasteiger partial charge in [0.1, 0.15) is 0 Å². The van der Waals surface area contributed by atoms with Gasteiger partial charge >= 0.3 is 37.7 Å². The van der Waals surface area contributed by atoms with E-state index in [1.54, 1.807) is 0 Å². The first kappa shape index (κ1) is 31.7. The maximum atomic E-state index is 7.72. The summed E-state index contributed by atoms with van der Waals surface area (Å²) < 4.78 is 23.2. The second-order valence-electron chi connectivity index (χ2n) is 0. The molecule has 0 aromatic carbocycles. The van der Waals surface area contributed by atoms with Crippen molar-refractivity contribution >= 4 is 73.3 Å². The van der Waals surface area contributed by atoms with Gasteiger partial charge in [-0.2, -0.15) is 0 Å². The average Bonchev–Trinajstić information content (AvgIpc) is 1.81. The van der Waals surface area contributed by atoms with Crippen molar-refractivity contribution in [3.05, 3.63) is 0 Å². The Morgan fingerprint density at radius 3 is 0.625 bits per heavy atom. The Morgan fingerprint density at radius 2 is 0.625 bits per heavy atom. The first-order valence-corrected chi connectivity index (χ1v) is 1.39. The average molecular weight is 232 g/mol. The van der Waals surface area contributed by atoms with Gasteiger partial charge in [-0.05, 0) is 0 Å². The molecule has 0 aromatic rings. The fraction of sp³-hybridized carbons (Fsp3) is 0. The molecule has 0 saturated carbocycles. The van der Waals surface area contributed by atoms with E-state index in [0.717, 1.165) is 0 Å². The summed E-state index contributed by atoms with van der Waals surface area (Å²) in [6, 6.07) is 0. The fourth-order valence-corrected chi connectivity index (χ4v) is 0. The molecule has 3 nitrogen and oxygen atoms in total. The van der Waals surface area contributed by atoms with Crippen LogP contribution in [0.25, 0.3) is 0 Å². The van der Waals surface area contributed by atoms with Crippen LogP contribution in [0.5, 0.6) is 0 Å². The van der Waals surface area contributed by atoms with Gasteiger partial charge in [-0.3, -0.25) is 0 Å². The minimum absolute atomic E-state index is 0. The standard InChI is InChI=1S/Ca.3ClO.ClH2/c;3*1-2;/h;;;;1H2/q+2;3*-1;+1. The molecule has 0 atom stereocenters. The van der Waals surface area contributed by atoms with Crippen LogP contribution < -0.4 is 14.0 Å². The molecule has 0 aliphatic heterocycles. The van der Waals surface area contributed by atoms with Crippen LogP contribution in [0, 0.1) is 12.4 Å². The summed E-state index contributed by atoms with van der Waals surface area (Å²) in [7, 11) is 0. The minimum atomic E-state index is 0. The van der Waals surface area contributed by atoms with Gasteiger partial charge in [-0.15, -0.1) is 0 Å².